The minimum Gasteiger partial charge on any atom is -0.497 e. The number of allylic oxidation sites excluding steroid dienone is 1. The highest BCUT2D eigenvalue weighted by molar-refractivity contribution is 5.84. The van der Waals surface area contributed by atoms with Gasteiger partial charge in [-0.05, 0) is 47.4 Å². The largest absolute Gasteiger partial charge is 0.497 e. The van der Waals surface area contributed by atoms with Crippen LogP contribution in [0.1, 0.15) is 24.4 Å². The predicted molar refractivity (Wildman–Crippen MR) is 97.1 cm³/mol. The van der Waals surface area contributed by atoms with Gasteiger partial charge in [0.1, 0.15) is 5.75 Å². The Labute approximate surface area is 138 Å². The second-order valence-corrected chi connectivity index (χ2v) is 6.14. The van der Waals surface area contributed by atoms with Gasteiger partial charge in [-0.2, -0.15) is 0 Å². The predicted octanol–water partition coefficient (Wildman–Crippen LogP) is 3.76. The lowest BCUT2D eigenvalue weighted by molar-refractivity contribution is 0.166. The maximum Gasteiger partial charge on any atom is 0.119 e. The average Bonchev–Trinajstić information content (AvgIpc) is 2.62. The van der Waals surface area contributed by atoms with Crippen LogP contribution in [-0.4, -0.2) is 38.2 Å². The summed E-state index contributed by atoms with van der Waals surface area (Å²) in [6.45, 7) is 8.28. The molecule has 0 aliphatic carbocycles. The van der Waals surface area contributed by atoms with Gasteiger partial charge < -0.3 is 10.1 Å². The van der Waals surface area contributed by atoms with Crippen LogP contribution < -0.4 is 10.1 Å². The fourth-order valence-corrected chi connectivity index (χ4v) is 3.41. The Kier molecular flexibility index (Phi) is 5.31. The lowest BCUT2D eigenvalue weighted by Crippen LogP contribution is -2.45. The van der Waals surface area contributed by atoms with E-state index in [1.54, 1.807) is 7.11 Å². The number of piperazine rings is 1. The molecule has 1 fully saturated rings. The Morgan fingerprint density at radius 2 is 1.91 bits per heavy atom. The second kappa shape index (κ2) is 7.62. The highest BCUT2D eigenvalue weighted by atomic mass is 16.5. The third kappa shape index (κ3) is 3.74. The molecule has 0 bridgehead atoms. The molecule has 1 atom stereocenters. The summed E-state index contributed by atoms with van der Waals surface area (Å²) in [4.78, 5) is 2.60. The number of hydrogen-bond acceptors (Lipinski definition) is 3. The van der Waals surface area contributed by atoms with Crippen LogP contribution in [0, 0.1) is 0 Å². The smallest absolute Gasteiger partial charge is 0.119 e. The van der Waals surface area contributed by atoms with Crippen molar-refractivity contribution in [3.8, 4) is 5.75 Å². The SMILES string of the molecule is C=CCC[C@H](c1ccc2cc(OC)ccc2c1)N1CCNCC1. The number of rotatable bonds is 6. The molecule has 23 heavy (non-hydrogen) atoms. The fraction of sp³-hybridized carbons (Fsp3) is 0.400. The summed E-state index contributed by atoms with van der Waals surface area (Å²) < 4.78 is 5.32. The lowest BCUT2D eigenvalue weighted by Gasteiger charge is -2.35. The number of hydrogen-bond donors (Lipinski definition) is 1. The molecule has 2 aromatic carbocycles. The van der Waals surface area contributed by atoms with Crippen molar-refractivity contribution in [2.75, 3.05) is 33.3 Å². The standard InChI is InChI=1S/C20H26N2O/c1-3-4-5-20(22-12-10-21-11-13-22)18-7-6-17-15-19(23-2)9-8-16(17)14-18/h3,6-9,14-15,20-21H,1,4-5,10-13H2,2H3/t20-/m1/s1. The summed E-state index contributed by atoms with van der Waals surface area (Å²) >= 11 is 0. The molecular formula is C20H26N2O. The summed E-state index contributed by atoms with van der Waals surface area (Å²) in [6.07, 6.45) is 4.21. The van der Waals surface area contributed by atoms with E-state index in [0.29, 0.717) is 6.04 Å². The van der Waals surface area contributed by atoms with Gasteiger partial charge in [0.15, 0.2) is 0 Å². The Bertz CT molecular complexity index is 662. The monoisotopic (exact) mass is 310 g/mol. The second-order valence-electron chi connectivity index (χ2n) is 6.14. The number of benzene rings is 2. The topological polar surface area (TPSA) is 24.5 Å². The van der Waals surface area contributed by atoms with E-state index in [-0.39, 0.29) is 0 Å². The van der Waals surface area contributed by atoms with Crippen molar-refractivity contribution in [3.63, 3.8) is 0 Å². The van der Waals surface area contributed by atoms with Crippen molar-refractivity contribution in [1.82, 2.24) is 10.2 Å². The van der Waals surface area contributed by atoms with E-state index in [4.69, 9.17) is 4.74 Å². The molecule has 1 N–H and O–H groups in total. The van der Waals surface area contributed by atoms with Crippen molar-refractivity contribution in [1.29, 1.82) is 0 Å². The van der Waals surface area contributed by atoms with Crippen LogP contribution in [0.3, 0.4) is 0 Å². The minimum absolute atomic E-state index is 0.474. The number of methoxy groups -OCH3 is 1. The zero-order valence-electron chi connectivity index (χ0n) is 13.9. The molecule has 1 aliphatic rings. The summed E-state index contributed by atoms with van der Waals surface area (Å²) in [7, 11) is 1.71. The van der Waals surface area contributed by atoms with E-state index >= 15 is 0 Å². The molecule has 122 valence electrons. The first-order valence-electron chi connectivity index (χ1n) is 8.45. The highest BCUT2D eigenvalue weighted by Crippen LogP contribution is 2.30. The molecule has 0 aromatic heterocycles. The van der Waals surface area contributed by atoms with Crippen molar-refractivity contribution in [3.05, 3.63) is 54.6 Å². The number of ether oxygens (including phenoxy) is 1. The normalized spacial score (nSPS) is 17.1. The molecule has 2 aromatic rings. The Hall–Kier alpha value is -1.84. The Balaban J connectivity index is 1.90. The van der Waals surface area contributed by atoms with Crippen LogP contribution in [0.4, 0.5) is 0 Å². The summed E-state index contributed by atoms with van der Waals surface area (Å²) in [5, 5.41) is 5.96. The maximum absolute atomic E-state index is 5.32. The van der Waals surface area contributed by atoms with Gasteiger partial charge in [-0.25, -0.2) is 0 Å². The molecule has 1 saturated heterocycles. The van der Waals surface area contributed by atoms with Gasteiger partial charge >= 0.3 is 0 Å². The summed E-state index contributed by atoms with van der Waals surface area (Å²) in [5.41, 5.74) is 1.41. The summed E-state index contributed by atoms with van der Waals surface area (Å²) in [6, 6.07) is 13.6. The van der Waals surface area contributed by atoms with Crippen LogP contribution >= 0.6 is 0 Å². The molecule has 1 heterocycles. The van der Waals surface area contributed by atoms with Crippen LogP contribution in [0.15, 0.2) is 49.1 Å². The molecule has 0 unspecified atom stereocenters. The van der Waals surface area contributed by atoms with E-state index in [9.17, 15) is 0 Å². The van der Waals surface area contributed by atoms with Gasteiger partial charge in [-0.1, -0.05) is 24.3 Å². The molecular weight excluding hydrogens is 284 g/mol. The first-order valence-corrected chi connectivity index (χ1v) is 8.45. The van der Waals surface area contributed by atoms with Gasteiger partial charge in [0, 0.05) is 32.2 Å². The van der Waals surface area contributed by atoms with E-state index in [1.807, 2.05) is 12.1 Å². The van der Waals surface area contributed by atoms with Gasteiger partial charge in [-0.3, -0.25) is 4.90 Å². The first-order chi connectivity index (χ1) is 11.3. The summed E-state index contributed by atoms with van der Waals surface area (Å²) in [5.74, 6) is 0.913. The molecule has 0 radical (unpaired) electrons. The highest BCUT2D eigenvalue weighted by Gasteiger charge is 2.21. The van der Waals surface area contributed by atoms with Gasteiger partial charge in [0.25, 0.3) is 0 Å². The fourth-order valence-electron chi connectivity index (χ4n) is 3.41. The number of nitrogens with one attached hydrogen (secondary N) is 1. The Morgan fingerprint density at radius 3 is 2.65 bits per heavy atom. The van der Waals surface area contributed by atoms with E-state index in [2.05, 4.69) is 47.1 Å². The van der Waals surface area contributed by atoms with E-state index < -0.39 is 0 Å². The van der Waals surface area contributed by atoms with Gasteiger partial charge in [0.2, 0.25) is 0 Å². The minimum atomic E-state index is 0.474. The van der Waals surface area contributed by atoms with Crippen molar-refractivity contribution >= 4 is 10.8 Å². The van der Waals surface area contributed by atoms with Crippen LogP contribution in [0.5, 0.6) is 5.75 Å². The molecule has 3 nitrogen and oxygen atoms in total. The average molecular weight is 310 g/mol. The first kappa shape index (κ1) is 16.0. The Morgan fingerprint density at radius 1 is 1.17 bits per heavy atom. The van der Waals surface area contributed by atoms with Crippen LogP contribution in [0.2, 0.25) is 0 Å². The zero-order valence-corrected chi connectivity index (χ0v) is 13.9. The number of fused-ring (bicyclic) bond motifs is 1. The lowest BCUT2D eigenvalue weighted by atomic mass is 9.96. The molecule has 3 rings (SSSR count). The molecule has 0 spiro atoms. The van der Waals surface area contributed by atoms with Crippen LogP contribution in [0.25, 0.3) is 10.8 Å². The van der Waals surface area contributed by atoms with Gasteiger partial charge in [-0.15, -0.1) is 6.58 Å². The van der Waals surface area contributed by atoms with Gasteiger partial charge in [0.05, 0.1) is 7.11 Å². The third-order valence-electron chi connectivity index (χ3n) is 4.69. The molecule has 0 saturated carbocycles. The van der Waals surface area contributed by atoms with Crippen molar-refractivity contribution < 1.29 is 4.74 Å². The molecule has 0 amide bonds. The zero-order chi connectivity index (χ0) is 16.1. The quantitative estimate of drug-likeness (QED) is 0.822. The van der Waals surface area contributed by atoms with E-state index in [0.717, 1.165) is 44.8 Å². The van der Waals surface area contributed by atoms with Crippen molar-refractivity contribution in [2.45, 2.75) is 18.9 Å². The third-order valence-corrected chi connectivity index (χ3v) is 4.69. The van der Waals surface area contributed by atoms with E-state index in [1.165, 1.54) is 16.3 Å². The van der Waals surface area contributed by atoms with Crippen molar-refractivity contribution in [2.24, 2.45) is 0 Å². The maximum atomic E-state index is 5.32. The number of nitrogens with zero attached hydrogens (tertiary/aromatic N) is 1. The molecule has 1 aliphatic heterocycles. The van der Waals surface area contributed by atoms with Crippen LogP contribution in [-0.2, 0) is 0 Å². The molecule has 3 heteroatoms.